The first-order chi connectivity index (χ1) is 15.3. The number of rotatable bonds is 4. The van der Waals surface area contributed by atoms with Crippen molar-refractivity contribution in [1.29, 1.82) is 0 Å². The van der Waals surface area contributed by atoms with Gasteiger partial charge < -0.3 is 15.7 Å². The standard InChI is InChI=1S/C23H18Cl2N4O3/c1-13(30)21-27-19-11-5-9-17(25)20(19)22(31)29(21)15-7-4-6-14(12-15)26-23(32)28-18-10-3-2-8-16(18)24/h2-13,30H,1H3,(H2,26,28,32). The van der Waals surface area contributed by atoms with Crippen molar-refractivity contribution in [2.24, 2.45) is 0 Å². The van der Waals surface area contributed by atoms with Gasteiger partial charge in [0.15, 0.2) is 0 Å². The van der Waals surface area contributed by atoms with Gasteiger partial charge in [0.25, 0.3) is 5.56 Å². The number of hydrogen-bond donors (Lipinski definition) is 3. The van der Waals surface area contributed by atoms with E-state index in [2.05, 4.69) is 15.6 Å². The van der Waals surface area contributed by atoms with Crippen LogP contribution in [0.1, 0.15) is 18.9 Å². The molecule has 0 aliphatic carbocycles. The molecule has 1 aromatic heterocycles. The van der Waals surface area contributed by atoms with Crippen LogP contribution in [0.2, 0.25) is 10.0 Å². The van der Waals surface area contributed by atoms with Crippen molar-refractivity contribution >= 4 is 51.5 Å². The number of carbonyl (C=O) groups excluding carboxylic acids is 1. The van der Waals surface area contributed by atoms with E-state index in [4.69, 9.17) is 23.2 Å². The van der Waals surface area contributed by atoms with Crippen molar-refractivity contribution < 1.29 is 9.90 Å². The van der Waals surface area contributed by atoms with Crippen LogP contribution in [-0.4, -0.2) is 20.7 Å². The van der Waals surface area contributed by atoms with E-state index in [9.17, 15) is 14.7 Å². The van der Waals surface area contributed by atoms with Crippen LogP contribution in [0.5, 0.6) is 0 Å². The van der Waals surface area contributed by atoms with Crippen molar-refractivity contribution in [2.45, 2.75) is 13.0 Å². The summed E-state index contributed by atoms with van der Waals surface area (Å²) in [6.45, 7) is 1.52. The van der Waals surface area contributed by atoms with Gasteiger partial charge in [0.05, 0.1) is 32.3 Å². The number of nitrogens with one attached hydrogen (secondary N) is 2. The lowest BCUT2D eigenvalue weighted by molar-refractivity contribution is 0.186. The Balaban J connectivity index is 1.73. The molecule has 3 aromatic carbocycles. The van der Waals surface area contributed by atoms with Gasteiger partial charge in [0.1, 0.15) is 11.9 Å². The fourth-order valence-electron chi connectivity index (χ4n) is 3.31. The minimum absolute atomic E-state index is 0.155. The van der Waals surface area contributed by atoms with Gasteiger partial charge in [0.2, 0.25) is 0 Å². The lowest BCUT2D eigenvalue weighted by atomic mass is 10.2. The second kappa shape index (κ2) is 9.00. The fourth-order valence-corrected chi connectivity index (χ4v) is 3.74. The van der Waals surface area contributed by atoms with Gasteiger partial charge in [-0.25, -0.2) is 9.78 Å². The highest BCUT2D eigenvalue weighted by Crippen LogP contribution is 2.24. The van der Waals surface area contributed by atoms with Crippen LogP contribution in [0.4, 0.5) is 16.2 Å². The SMILES string of the molecule is CC(O)c1nc2cccc(Cl)c2c(=O)n1-c1cccc(NC(=O)Nc2ccccc2Cl)c1. The van der Waals surface area contributed by atoms with Gasteiger partial charge in [-0.05, 0) is 49.4 Å². The molecule has 7 nitrogen and oxygen atoms in total. The number of halogens is 2. The van der Waals surface area contributed by atoms with Crippen molar-refractivity contribution in [3.8, 4) is 5.69 Å². The minimum Gasteiger partial charge on any atom is -0.385 e. The molecule has 0 aliphatic rings. The molecule has 4 aromatic rings. The van der Waals surface area contributed by atoms with Crippen LogP contribution in [0.15, 0.2) is 71.5 Å². The largest absolute Gasteiger partial charge is 0.385 e. The van der Waals surface area contributed by atoms with Crippen LogP contribution in [0.3, 0.4) is 0 Å². The van der Waals surface area contributed by atoms with Crippen molar-refractivity contribution in [2.75, 3.05) is 10.6 Å². The Bertz CT molecular complexity index is 1390. The normalized spacial score (nSPS) is 11.9. The topological polar surface area (TPSA) is 96.2 Å². The molecule has 0 radical (unpaired) electrons. The van der Waals surface area contributed by atoms with E-state index in [1.54, 1.807) is 66.7 Å². The third kappa shape index (κ3) is 4.31. The summed E-state index contributed by atoms with van der Waals surface area (Å²) in [7, 11) is 0. The Morgan fingerprint density at radius 2 is 1.72 bits per heavy atom. The molecule has 32 heavy (non-hydrogen) atoms. The maximum absolute atomic E-state index is 13.3. The molecular formula is C23H18Cl2N4O3. The Labute approximate surface area is 193 Å². The number of hydrogen-bond acceptors (Lipinski definition) is 4. The smallest absolute Gasteiger partial charge is 0.323 e. The zero-order valence-electron chi connectivity index (χ0n) is 16.8. The predicted octanol–water partition coefficient (Wildman–Crippen LogP) is 5.39. The summed E-state index contributed by atoms with van der Waals surface area (Å²) < 4.78 is 1.29. The van der Waals surface area contributed by atoms with Gasteiger partial charge in [-0.15, -0.1) is 0 Å². The molecule has 1 heterocycles. The van der Waals surface area contributed by atoms with E-state index in [1.807, 2.05) is 0 Å². The molecule has 1 atom stereocenters. The molecule has 0 saturated heterocycles. The number of benzene rings is 3. The number of para-hydroxylation sites is 1. The molecule has 4 rings (SSSR count). The summed E-state index contributed by atoms with van der Waals surface area (Å²) >= 11 is 12.3. The highest BCUT2D eigenvalue weighted by Gasteiger charge is 2.18. The number of fused-ring (bicyclic) bond motifs is 1. The van der Waals surface area contributed by atoms with E-state index < -0.39 is 17.7 Å². The van der Waals surface area contributed by atoms with Gasteiger partial charge >= 0.3 is 6.03 Å². The van der Waals surface area contributed by atoms with Crippen LogP contribution < -0.4 is 16.2 Å². The first kappa shape index (κ1) is 21.8. The van der Waals surface area contributed by atoms with Crippen molar-refractivity contribution in [3.05, 3.63) is 93.0 Å². The maximum atomic E-state index is 13.3. The number of nitrogens with zero attached hydrogens (tertiary/aromatic N) is 2. The van der Waals surface area contributed by atoms with E-state index in [1.165, 1.54) is 11.5 Å². The lowest BCUT2D eigenvalue weighted by Crippen LogP contribution is -2.25. The maximum Gasteiger partial charge on any atom is 0.323 e. The van der Waals surface area contributed by atoms with E-state index >= 15 is 0 Å². The van der Waals surface area contributed by atoms with Crippen molar-refractivity contribution in [1.82, 2.24) is 9.55 Å². The summed E-state index contributed by atoms with van der Waals surface area (Å²) in [6, 6.07) is 17.9. The lowest BCUT2D eigenvalue weighted by Gasteiger charge is -2.17. The second-order valence-electron chi connectivity index (χ2n) is 7.03. The molecular weight excluding hydrogens is 451 g/mol. The summed E-state index contributed by atoms with van der Waals surface area (Å²) in [5.41, 5.74) is 1.27. The number of carbonyl (C=O) groups is 1. The summed E-state index contributed by atoms with van der Waals surface area (Å²) in [5, 5.41) is 16.6. The third-order valence-corrected chi connectivity index (χ3v) is 5.38. The summed E-state index contributed by atoms with van der Waals surface area (Å²) in [4.78, 5) is 30.2. The van der Waals surface area contributed by atoms with Crippen LogP contribution in [0, 0.1) is 0 Å². The van der Waals surface area contributed by atoms with Crippen LogP contribution in [0.25, 0.3) is 16.6 Å². The molecule has 0 spiro atoms. The number of aliphatic hydroxyl groups is 1. The van der Waals surface area contributed by atoms with Gasteiger partial charge in [-0.3, -0.25) is 9.36 Å². The summed E-state index contributed by atoms with van der Waals surface area (Å²) in [6.07, 6.45) is -1.02. The molecule has 2 amide bonds. The zero-order chi connectivity index (χ0) is 22.8. The van der Waals surface area contributed by atoms with Gasteiger partial charge in [-0.2, -0.15) is 0 Å². The monoisotopic (exact) mass is 468 g/mol. The van der Waals surface area contributed by atoms with Crippen molar-refractivity contribution in [3.63, 3.8) is 0 Å². The Hall–Kier alpha value is -3.39. The van der Waals surface area contributed by atoms with E-state index in [0.29, 0.717) is 27.6 Å². The minimum atomic E-state index is -1.02. The quantitative estimate of drug-likeness (QED) is 0.374. The first-order valence-corrected chi connectivity index (χ1v) is 10.4. The van der Waals surface area contributed by atoms with Crippen LogP contribution in [-0.2, 0) is 0 Å². The molecule has 3 N–H and O–H groups in total. The van der Waals surface area contributed by atoms with E-state index in [0.717, 1.165) is 0 Å². The molecule has 0 aliphatic heterocycles. The highest BCUT2D eigenvalue weighted by molar-refractivity contribution is 6.35. The van der Waals surface area contributed by atoms with Crippen LogP contribution >= 0.6 is 23.2 Å². The molecule has 0 fully saturated rings. The fraction of sp³-hybridized carbons (Fsp3) is 0.0870. The molecule has 9 heteroatoms. The number of aromatic nitrogens is 2. The van der Waals surface area contributed by atoms with Gasteiger partial charge in [-0.1, -0.05) is 47.5 Å². The number of aliphatic hydroxyl groups excluding tert-OH is 1. The number of amides is 2. The molecule has 162 valence electrons. The Morgan fingerprint density at radius 3 is 2.47 bits per heavy atom. The summed E-state index contributed by atoms with van der Waals surface area (Å²) in [5.74, 6) is 0.155. The van der Waals surface area contributed by atoms with E-state index in [-0.39, 0.29) is 16.2 Å². The Kier molecular flexibility index (Phi) is 6.14. The zero-order valence-corrected chi connectivity index (χ0v) is 18.4. The third-order valence-electron chi connectivity index (χ3n) is 4.73. The molecule has 0 saturated carbocycles. The second-order valence-corrected chi connectivity index (χ2v) is 7.84. The molecule has 1 unspecified atom stereocenters. The number of anilines is 2. The number of urea groups is 1. The Morgan fingerprint density at radius 1 is 1.00 bits per heavy atom. The highest BCUT2D eigenvalue weighted by atomic mass is 35.5. The average Bonchev–Trinajstić information content (AvgIpc) is 2.75. The average molecular weight is 469 g/mol. The predicted molar refractivity (Wildman–Crippen MR) is 127 cm³/mol. The molecule has 0 bridgehead atoms. The first-order valence-electron chi connectivity index (χ1n) is 9.67. The van der Waals surface area contributed by atoms with Gasteiger partial charge in [0, 0.05) is 5.69 Å².